The van der Waals surface area contributed by atoms with Crippen molar-refractivity contribution in [1.29, 1.82) is 0 Å². The highest BCUT2D eigenvalue weighted by atomic mass is 16.5. The van der Waals surface area contributed by atoms with Gasteiger partial charge in [-0.2, -0.15) is 0 Å². The number of rotatable bonds is 9. The first kappa shape index (κ1) is 24.6. The van der Waals surface area contributed by atoms with Crippen molar-refractivity contribution >= 4 is 11.8 Å². The van der Waals surface area contributed by atoms with Crippen LogP contribution in [0.1, 0.15) is 56.1 Å². The SMILES string of the molecule is CCCC(CC)NC(=O)C1(C)Cn2c(ccc2-c2ccccc2)C(=O)N1Cc1ccc(OC)cc1. The molecule has 0 fully saturated rings. The van der Waals surface area contributed by atoms with E-state index in [4.69, 9.17) is 4.74 Å². The number of carbonyl (C=O) groups is 2. The van der Waals surface area contributed by atoms with Gasteiger partial charge in [0, 0.05) is 18.3 Å². The smallest absolute Gasteiger partial charge is 0.271 e. The largest absolute Gasteiger partial charge is 0.497 e. The Morgan fingerprint density at radius 1 is 1.03 bits per heavy atom. The molecule has 0 saturated carbocycles. The van der Waals surface area contributed by atoms with E-state index in [1.54, 1.807) is 12.0 Å². The minimum absolute atomic E-state index is 0.0851. The summed E-state index contributed by atoms with van der Waals surface area (Å²) in [6.07, 6.45) is 2.75. The Bertz CT molecular complexity index is 1170. The summed E-state index contributed by atoms with van der Waals surface area (Å²) in [6, 6.07) is 21.6. The van der Waals surface area contributed by atoms with Crippen LogP contribution in [0.5, 0.6) is 5.75 Å². The molecule has 2 heterocycles. The Morgan fingerprint density at radius 2 is 1.71 bits per heavy atom. The van der Waals surface area contributed by atoms with E-state index in [1.807, 2.05) is 78.2 Å². The number of carbonyl (C=O) groups excluding carboxylic acids is 2. The fourth-order valence-corrected chi connectivity index (χ4v) is 4.86. The molecule has 0 bridgehead atoms. The lowest BCUT2D eigenvalue weighted by molar-refractivity contribution is -0.134. The summed E-state index contributed by atoms with van der Waals surface area (Å²) in [6.45, 7) is 6.82. The van der Waals surface area contributed by atoms with Gasteiger partial charge in [0.05, 0.1) is 13.7 Å². The highest BCUT2D eigenvalue weighted by Gasteiger charge is 2.48. The number of ether oxygens (including phenoxy) is 1. The molecule has 2 unspecified atom stereocenters. The molecule has 0 aliphatic carbocycles. The summed E-state index contributed by atoms with van der Waals surface area (Å²) in [5, 5.41) is 3.25. The summed E-state index contributed by atoms with van der Waals surface area (Å²) < 4.78 is 7.28. The van der Waals surface area contributed by atoms with Gasteiger partial charge < -0.3 is 19.5 Å². The molecule has 1 N–H and O–H groups in total. The van der Waals surface area contributed by atoms with E-state index in [0.29, 0.717) is 18.8 Å². The van der Waals surface area contributed by atoms with Gasteiger partial charge in [0.15, 0.2) is 0 Å². The van der Waals surface area contributed by atoms with Crippen molar-refractivity contribution in [2.75, 3.05) is 7.11 Å². The first-order chi connectivity index (χ1) is 16.9. The van der Waals surface area contributed by atoms with Crippen LogP contribution >= 0.6 is 0 Å². The number of aromatic nitrogens is 1. The van der Waals surface area contributed by atoms with Crippen LogP contribution in [-0.2, 0) is 17.9 Å². The molecule has 184 valence electrons. The van der Waals surface area contributed by atoms with Crippen molar-refractivity contribution in [3.8, 4) is 17.0 Å². The molecule has 1 aliphatic heterocycles. The molecule has 6 heteroatoms. The summed E-state index contributed by atoms with van der Waals surface area (Å²) in [4.78, 5) is 29.5. The van der Waals surface area contributed by atoms with Crippen LogP contribution < -0.4 is 10.1 Å². The zero-order valence-electron chi connectivity index (χ0n) is 21.1. The highest BCUT2D eigenvalue weighted by Crippen LogP contribution is 2.34. The van der Waals surface area contributed by atoms with Gasteiger partial charge in [0.1, 0.15) is 17.0 Å². The zero-order chi connectivity index (χ0) is 25.0. The second-order valence-electron chi connectivity index (χ2n) is 9.44. The third kappa shape index (κ3) is 4.83. The van der Waals surface area contributed by atoms with Crippen molar-refractivity contribution in [3.63, 3.8) is 0 Å². The van der Waals surface area contributed by atoms with Crippen LogP contribution in [0.4, 0.5) is 0 Å². The van der Waals surface area contributed by atoms with Crippen molar-refractivity contribution in [2.45, 2.75) is 64.7 Å². The topological polar surface area (TPSA) is 63.6 Å². The van der Waals surface area contributed by atoms with Crippen LogP contribution in [0.25, 0.3) is 11.3 Å². The third-order valence-corrected chi connectivity index (χ3v) is 7.03. The molecule has 0 spiro atoms. The minimum atomic E-state index is -1.05. The lowest BCUT2D eigenvalue weighted by Gasteiger charge is -2.45. The predicted octanol–water partition coefficient (Wildman–Crippen LogP) is 5.27. The molecule has 2 aromatic carbocycles. The number of fused-ring (bicyclic) bond motifs is 1. The van der Waals surface area contributed by atoms with Crippen molar-refractivity contribution in [3.05, 3.63) is 78.0 Å². The quantitative estimate of drug-likeness (QED) is 0.460. The van der Waals surface area contributed by atoms with Crippen LogP contribution in [-0.4, -0.2) is 40.0 Å². The third-order valence-electron chi connectivity index (χ3n) is 7.03. The summed E-state index contributed by atoms with van der Waals surface area (Å²) in [5.74, 6) is 0.499. The van der Waals surface area contributed by atoms with E-state index in [0.717, 1.165) is 41.8 Å². The molecular weight excluding hydrogens is 438 g/mol. The van der Waals surface area contributed by atoms with Crippen LogP contribution in [0.2, 0.25) is 0 Å². The number of methoxy groups -OCH3 is 1. The lowest BCUT2D eigenvalue weighted by Crippen LogP contribution is -2.64. The molecule has 2 amide bonds. The lowest BCUT2D eigenvalue weighted by atomic mass is 9.92. The van der Waals surface area contributed by atoms with Gasteiger partial charge in [-0.15, -0.1) is 0 Å². The maximum atomic E-state index is 13.9. The molecule has 0 radical (unpaired) electrons. The predicted molar refractivity (Wildman–Crippen MR) is 138 cm³/mol. The molecule has 4 rings (SSSR count). The number of hydrogen-bond acceptors (Lipinski definition) is 3. The Labute approximate surface area is 207 Å². The van der Waals surface area contributed by atoms with E-state index in [-0.39, 0.29) is 17.9 Å². The minimum Gasteiger partial charge on any atom is -0.497 e. The average Bonchev–Trinajstić information content (AvgIpc) is 3.30. The second kappa shape index (κ2) is 10.4. The Hall–Kier alpha value is -3.54. The highest BCUT2D eigenvalue weighted by molar-refractivity contribution is 6.00. The van der Waals surface area contributed by atoms with E-state index < -0.39 is 5.54 Å². The number of amides is 2. The molecule has 0 saturated heterocycles. The zero-order valence-corrected chi connectivity index (χ0v) is 21.1. The fraction of sp³-hybridized carbons (Fsp3) is 0.379. The van der Waals surface area contributed by atoms with Gasteiger partial charge >= 0.3 is 0 Å². The van der Waals surface area contributed by atoms with Crippen molar-refractivity contribution < 1.29 is 14.3 Å². The van der Waals surface area contributed by atoms with Gasteiger partial charge in [0.2, 0.25) is 5.91 Å². The Morgan fingerprint density at radius 3 is 2.34 bits per heavy atom. The normalized spacial score (nSPS) is 18.2. The van der Waals surface area contributed by atoms with Gasteiger partial charge in [0.25, 0.3) is 5.91 Å². The maximum Gasteiger partial charge on any atom is 0.271 e. The van der Waals surface area contributed by atoms with Crippen LogP contribution in [0.3, 0.4) is 0 Å². The summed E-state index contributed by atoms with van der Waals surface area (Å²) in [7, 11) is 1.63. The molecule has 1 aliphatic rings. The first-order valence-corrected chi connectivity index (χ1v) is 12.4. The molecule has 1 aromatic heterocycles. The molecule has 3 aromatic rings. The van der Waals surface area contributed by atoms with E-state index in [1.165, 1.54) is 0 Å². The summed E-state index contributed by atoms with van der Waals surface area (Å²) in [5.41, 5.74) is 2.46. The molecule has 2 atom stereocenters. The number of hydrogen-bond donors (Lipinski definition) is 1. The van der Waals surface area contributed by atoms with Gasteiger partial charge in [-0.25, -0.2) is 0 Å². The second-order valence-corrected chi connectivity index (χ2v) is 9.44. The Balaban J connectivity index is 1.74. The number of nitrogens with one attached hydrogen (secondary N) is 1. The van der Waals surface area contributed by atoms with Gasteiger partial charge in [-0.1, -0.05) is 62.7 Å². The molecular formula is C29H35N3O3. The van der Waals surface area contributed by atoms with Gasteiger partial charge in [-0.3, -0.25) is 9.59 Å². The fourth-order valence-electron chi connectivity index (χ4n) is 4.86. The van der Waals surface area contributed by atoms with Gasteiger partial charge in [-0.05, 0) is 55.2 Å². The molecule has 6 nitrogen and oxygen atoms in total. The van der Waals surface area contributed by atoms with E-state index in [2.05, 4.69) is 19.2 Å². The maximum absolute atomic E-state index is 13.9. The van der Waals surface area contributed by atoms with E-state index >= 15 is 0 Å². The first-order valence-electron chi connectivity index (χ1n) is 12.4. The Kier molecular flexibility index (Phi) is 7.29. The summed E-state index contributed by atoms with van der Waals surface area (Å²) >= 11 is 0. The standard InChI is InChI=1S/C29H35N3O3/c1-5-10-23(6-2)30-28(34)29(3)20-31-25(22-11-8-7-9-12-22)17-18-26(31)27(33)32(29)19-21-13-15-24(35-4)16-14-21/h7-9,11-18,23H,5-6,10,19-20H2,1-4H3,(H,30,34). The molecule has 35 heavy (non-hydrogen) atoms. The van der Waals surface area contributed by atoms with Crippen LogP contribution in [0.15, 0.2) is 66.7 Å². The van der Waals surface area contributed by atoms with Crippen molar-refractivity contribution in [1.82, 2.24) is 14.8 Å². The number of benzene rings is 2. The average molecular weight is 474 g/mol. The van der Waals surface area contributed by atoms with E-state index in [9.17, 15) is 9.59 Å². The monoisotopic (exact) mass is 473 g/mol. The number of nitrogens with zero attached hydrogens (tertiary/aromatic N) is 2. The van der Waals surface area contributed by atoms with Crippen LogP contribution in [0, 0.1) is 0 Å². The van der Waals surface area contributed by atoms with Crippen molar-refractivity contribution in [2.24, 2.45) is 0 Å².